The van der Waals surface area contributed by atoms with Crippen molar-refractivity contribution in [1.29, 1.82) is 0 Å². The fraction of sp³-hybridized carbons (Fsp3) is 0.917. The highest BCUT2D eigenvalue weighted by Crippen LogP contribution is 2.28. The molecular weight excluding hydrogens is 238 g/mol. The molecule has 1 fully saturated rings. The second-order valence-corrected chi connectivity index (χ2v) is 7.64. The van der Waals surface area contributed by atoms with E-state index in [1.165, 1.54) is 6.26 Å². The van der Waals surface area contributed by atoms with Crippen LogP contribution in [-0.2, 0) is 14.6 Å². The fourth-order valence-corrected chi connectivity index (χ4v) is 3.45. The van der Waals surface area contributed by atoms with Gasteiger partial charge in [-0.05, 0) is 19.3 Å². The second-order valence-electron chi connectivity index (χ2n) is 5.32. The Morgan fingerprint density at radius 3 is 2.53 bits per heavy atom. The van der Waals surface area contributed by atoms with Crippen molar-refractivity contribution < 1.29 is 13.2 Å². The number of rotatable bonds is 5. The van der Waals surface area contributed by atoms with E-state index in [4.69, 9.17) is 0 Å². The van der Waals surface area contributed by atoms with E-state index < -0.39 is 9.84 Å². The number of ketones is 1. The summed E-state index contributed by atoms with van der Waals surface area (Å²) < 4.78 is 23.0. The Kier molecular flexibility index (Phi) is 5.13. The predicted octanol–water partition coefficient (Wildman–Crippen LogP) is 1.16. The first-order chi connectivity index (χ1) is 7.80. The van der Waals surface area contributed by atoms with E-state index in [0.717, 1.165) is 12.8 Å². The van der Waals surface area contributed by atoms with Crippen molar-refractivity contribution in [2.75, 3.05) is 12.8 Å². The van der Waals surface area contributed by atoms with Crippen LogP contribution in [0.1, 0.15) is 39.5 Å². The average Bonchev–Trinajstić information content (AvgIpc) is 2.25. The molecule has 0 aliphatic heterocycles. The number of nitrogens with one attached hydrogen (secondary N) is 1. The molecule has 17 heavy (non-hydrogen) atoms. The van der Waals surface area contributed by atoms with Gasteiger partial charge in [0.25, 0.3) is 0 Å². The summed E-state index contributed by atoms with van der Waals surface area (Å²) in [4.78, 5) is 11.9. The van der Waals surface area contributed by atoms with Gasteiger partial charge in [0.15, 0.2) is 0 Å². The number of Topliss-reactive ketones (excluding diaryl/α,β-unsaturated/α-hetero) is 1. The summed E-state index contributed by atoms with van der Waals surface area (Å²) in [6.07, 6.45) is 4.18. The van der Waals surface area contributed by atoms with Crippen LogP contribution in [0.5, 0.6) is 0 Å². The molecule has 0 amide bonds. The van der Waals surface area contributed by atoms with Gasteiger partial charge in [-0.3, -0.25) is 4.79 Å². The van der Waals surface area contributed by atoms with Crippen molar-refractivity contribution in [2.45, 2.75) is 50.8 Å². The lowest BCUT2D eigenvalue weighted by molar-refractivity contribution is -0.122. The molecule has 1 aliphatic rings. The number of carbonyl (C=O) groups excluding carboxylic acids is 1. The molecule has 2 atom stereocenters. The highest BCUT2D eigenvalue weighted by Gasteiger charge is 2.31. The van der Waals surface area contributed by atoms with Gasteiger partial charge in [0.1, 0.15) is 15.6 Å². The summed E-state index contributed by atoms with van der Waals surface area (Å²) in [5, 5.41) is 2.78. The summed E-state index contributed by atoms with van der Waals surface area (Å²) in [5.41, 5.74) is 0. The first-order valence-electron chi connectivity index (χ1n) is 6.25. The minimum Gasteiger partial charge on any atom is -0.308 e. The van der Waals surface area contributed by atoms with Crippen LogP contribution in [-0.4, -0.2) is 38.3 Å². The first-order valence-corrected chi connectivity index (χ1v) is 8.21. The highest BCUT2D eigenvalue weighted by molar-refractivity contribution is 7.91. The Hall–Kier alpha value is -0.420. The van der Waals surface area contributed by atoms with Gasteiger partial charge in [-0.2, -0.15) is 0 Å². The third kappa shape index (κ3) is 4.76. The van der Waals surface area contributed by atoms with Gasteiger partial charge < -0.3 is 5.32 Å². The summed E-state index contributed by atoms with van der Waals surface area (Å²) in [6.45, 7) is 4.35. The van der Waals surface area contributed by atoms with Crippen molar-refractivity contribution in [1.82, 2.24) is 5.32 Å². The van der Waals surface area contributed by atoms with Crippen LogP contribution in [0.4, 0.5) is 0 Å². The number of sulfone groups is 1. The van der Waals surface area contributed by atoms with E-state index in [9.17, 15) is 13.2 Å². The van der Waals surface area contributed by atoms with Gasteiger partial charge in [-0.1, -0.05) is 20.3 Å². The molecule has 0 spiro atoms. The number of carbonyl (C=O) groups is 1. The lowest BCUT2D eigenvalue weighted by atomic mass is 9.86. The summed E-state index contributed by atoms with van der Waals surface area (Å²) in [6, 6.07) is 0.285. The molecule has 0 aromatic rings. The molecule has 0 bridgehead atoms. The Morgan fingerprint density at radius 1 is 1.35 bits per heavy atom. The third-order valence-corrected chi connectivity index (χ3v) is 5.01. The zero-order chi connectivity index (χ0) is 13.1. The maximum Gasteiger partial charge on any atom is 0.150 e. The number of hydrogen-bond donors (Lipinski definition) is 1. The van der Waals surface area contributed by atoms with E-state index in [1.54, 1.807) is 0 Å². The van der Waals surface area contributed by atoms with Crippen LogP contribution < -0.4 is 5.32 Å². The largest absolute Gasteiger partial charge is 0.308 e. The van der Waals surface area contributed by atoms with E-state index in [2.05, 4.69) is 5.32 Å². The molecule has 1 rings (SSSR count). The standard InChI is InChI=1S/C12H23NO3S/c1-9(2)13-8-12(14)10-5-4-6-11(7-10)17(3,15)16/h9-11,13H,4-8H2,1-3H3. The molecule has 1 saturated carbocycles. The van der Waals surface area contributed by atoms with E-state index in [0.29, 0.717) is 19.4 Å². The molecule has 4 nitrogen and oxygen atoms in total. The average molecular weight is 261 g/mol. The van der Waals surface area contributed by atoms with Gasteiger partial charge in [0, 0.05) is 18.2 Å². The SMILES string of the molecule is CC(C)NCC(=O)C1CCCC(S(C)(=O)=O)C1. The van der Waals surface area contributed by atoms with Crippen LogP contribution >= 0.6 is 0 Å². The Morgan fingerprint density at radius 2 is 2.00 bits per heavy atom. The van der Waals surface area contributed by atoms with Crippen LogP contribution in [0.15, 0.2) is 0 Å². The van der Waals surface area contributed by atoms with Crippen LogP contribution in [0.3, 0.4) is 0 Å². The molecule has 0 saturated heterocycles. The van der Waals surface area contributed by atoms with E-state index in [-0.39, 0.29) is 23.0 Å². The van der Waals surface area contributed by atoms with Crippen LogP contribution in [0.25, 0.3) is 0 Å². The summed E-state index contributed by atoms with van der Waals surface area (Å²) in [5.74, 6) is 0.0850. The molecule has 2 unspecified atom stereocenters. The third-order valence-electron chi connectivity index (χ3n) is 3.37. The maximum absolute atomic E-state index is 11.9. The van der Waals surface area contributed by atoms with Crippen molar-refractivity contribution in [2.24, 2.45) is 5.92 Å². The van der Waals surface area contributed by atoms with Crippen molar-refractivity contribution >= 4 is 15.6 Å². The van der Waals surface area contributed by atoms with Crippen molar-refractivity contribution in [3.63, 3.8) is 0 Å². The molecule has 100 valence electrons. The molecule has 0 heterocycles. The maximum atomic E-state index is 11.9. The van der Waals surface area contributed by atoms with Crippen LogP contribution in [0.2, 0.25) is 0 Å². The van der Waals surface area contributed by atoms with Gasteiger partial charge >= 0.3 is 0 Å². The van der Waals surface area contributed by atoms with Gasteiger partial charge in [-0.25, -0.2) is 8.42 Å². The lowest BCUT2D eigenvalue weighted by Gasteiger charge is -2.27. The predicted molar refractivity (Wildman–Crippen MR) is 68.7 cm³/mol. The summed E-state index contributed by atoms with van der Waals surface area (Å²) >= 11 is 0. The lowest BCUT2D eigenvalue weighted by Crippen LogP contribution is -2.37. The molecule has 0 aromatic heterocycles. The smallest absolute Gasteiger partial charge is 0.150 e. The minimum absolute atomic E-state index is 0.0743. The monoisotopic (exact) mass is 261 g/mol. The Labute approximate surface area is 104 Å². The fourth-order valence-electron chi connectivity index (χ4n) is 2.28. The zero-order valence-corrected chi connectivity index (χ0v) is 11.7. The first kappa shape index (κ1) is 14.6. The van der Waals surface area contributed by atoms with Gasteiger partial charge in [0.2, 0.25) is 0 Å². The zero-order valence-electron chi connectivity index (χ0n) is 10.9. The molecule has 1 aliphatic carbocycles. The minimum atomic E-state index is -3.00. The summed E-state index contributed by atoms with van der Waals surface area (Å²) in [7, 11) is -3.00. The quantitative estimate of drug-likeness (QED) is 0.806. The molecule has 0 aromatic carbocycles. The number of hydrogen-bond acceptors (Lipinski definition) is 4. The van der Waals surface area contributed by atoms with E-state index >= 15 is 0 Å². The van der Waals surface area contributed by atoms with Gasteiger partial charge in [0.05, 0.1) is 11.8 Å². The Bertz CT molecular complexity index is 362. The highest BCUT2D eigenvalue weighted by atomic mass is 32.2. The molecular formula is C12H23NO3S. The van der Waals surface area contributed by atoms with Gasteiger partial charge in [-0.15, -0.1) is 0 Å². The second kappa shape index (κ2) is 5.96. The van der Waals surface area contributed by atoms with E-state index in [1.807, 2.05) is 13.8 Å². The molecule has 0 radical (unpaired) electrons. The van der Waals surface area contributed by atoms with Crippen molar-refractivity contribution in [3.05, 3.63) is 0 Å². The van der Waals surface area contributed by atoms with Crippen LogP contribution in [0, 0.1) is 5.92 Å². The Balaban J connectivity index is 2.52. The molecule has 5 heteroatoms. The topological polar surface area (TPSA) is 63.2 Å². The van der Waals surface area contributed by atoms with Crippen molar-refractivity contribution in [3.8, 4) is 0 Å². The molecule has 1 N–H and O–H groups in total. The normalized spacial score (nSPS) is 26.1.